The second-order valence-electron chi connectivity index (χ2n) is 5.10. The summed E-state index contributed by atoms with van der Waals surface area (Å²) in [7, 11) is 0. The summed E-state index contributed by atoms with van der Waals surface area (Å²) >= 11 is 0. The summed E-state index contributed by atoms with van der Waals surface area (Å²) in [5.74, 6) is 1.76. The molecule has 2 aliphatic heterocycles. The van der Waals surface area contributed by atoms with Gasteiger partial charge in [0.1, 0.15) is 13.2 Å². The first-order chi connectivity index (χ1) is 9.33. The molecule has 0 saturated carbocycles. The molecule has 2 aliphatic rings. The Morgan fingerprint density at radius 3 is 2.58 bits per heavy atom. The molecule has 102 valence electrons. The molecule has 0 unspecified atom stereocenters. The van der Waals surface area contributed by atoms with E-state index >= 15 is 0 Å². The van der Waals surface area contributed by atoms with Crippen LogP contribution in [0.5, 0.6) is 11.5 Å². The third kappa shape index (κ3) is 2.83. The number of nitrogens with zero attached hydrogens (tertiary/aromatic N) is 1. The number of carbonyl (C=O) groups is 1. The molecule has 1 aromatic carbocycles. The van der Waals surface area contributed by atoms with Gasteiger partial charge in [-0.1, -0.05) is 6.07 Å². The lowest BCUT2D eigenvalue weighted by Crippen LogP contribution is -2.36. The van der Waals surface area contributed by atoms with E-state index in [1.54, 1.807) is 0 Å². The van der Waals surface area contributed by atoms with Gasteiger partial charge in [-0.2, -0.15) is 0 Å². The standard InChI is InChI=1S/C15H19NO3/c17-15(16-6-2-1-3-7-16)11-12-4-5-13-14(10-12)19-9-8-18-13/h4-5,10H,1-3,6-9,11H2. The number of hydrogen-bond acceptors (Lipinski definition) is 3. The van der Waals surface area contributed by atoms with E-state index in [9.17, 15) is 4.79 Å². The molecule has 3 rings (SSSR count). The lowest BCUT2D eigenvalue weighted by Gasteiger charge is -2.27. The Morgan fingerprint density at radius 1 is 1.05 bits per heavy atom. The second-order valence-corrected chi connectivity index (χ2v) is 5.10. The minimum atomic E-state index is 0.219. The molecular weight excluding hydrogens is 242 g/mol. The summed E-state index contributed by atoms with van der Waals surface area (Å²) in [6.45, 7) is 2.99. The summed E-state index contributed by atoms with van der Waals surface area (Å²) in [6, 6.07) is 5.78. The van der Waals surface area contributed by atoms with Crippen LogP contribution in [-0.4, -0.2) is 37.1 Å². The van der Waals surface area contributed by atoms with Crippen LogP contribution in [0.2, 0.25) is 0 Å². The highest BCUT2D eigenvalue weighted by Crippen LogP contribution is 2.31. The Morgan fingerprint density at radius 2 is 1.79 bits per heavy atom. The van der Waals surface area contributed by atoms with Gasteiger partial charge >= 0.3 is 0 Å². The maximum absolute atomic E-state index is 12.2. The van der Waals surface area contributed by atoms with E-state index in [0.717, 1.165) is 43.0 Å². The Balaban J connectivity index is 1.67. The molecule has 0 N–H and O–H groups in total. The van der Waals surface area contributed by atoms with Crippen molar-refractivity contribution in [1.82, 2.24) is 4.90 Å². The molecule has 0 bridgehead atoms. The Bertz CT molecular complexity index is 466. The van der Waals surface area contributed by atoms with Crippen LogP contribution in [-0.2, 0) is 11.2 Å². The number of amides is 1. The zero-order valence-electron chi connectivity index (χ0n) is 11.1. The number of fused-ring (bicyclic) bond motifs is 1. The van der Waals surface area contributed by atoms with E-state index in [0.29, 0.717) is 19.6 Å². The molecule has 0 spiro atoms. The van der Waals surface area contributed by atoms with E-state index < -0.39 is 0 Å². The van der Waals surface area contributed by atoms with Crippen molar-refractivity contribution in [1.29, 1.82) is 0 Å². The number of rotatable bonds is 2. The van der Waals surface area contributed by atoms with Crippen molar-refractivity contribution in [3.05, 3.63) is 23.8 Å². The predicted octanol–water partition coefficient (Wildman–Crippen LogP) is 2.01. The van der Waals surface area contributed by atoms with E-state index in [-0.39, 0.29) is 5.91 Å². The van der Waals surface area contributed by atoms with Gasteiger partial charge in [0.15, 0.2) is 11.5 Å². The van der Waals surface area contributed by atoms with Crippen molar-refractivity contribution in [3.8, 4) is 11.5 Å². The molecule has 4 nitrogen and oxygen atoms in total. The highest BCUT2D eigenvalue weighted by atomic mass is 16.6. The quantitative estimate of drug-likeness (QED) is 0.817. The summed E-state index contributed by atoms with van der Waals surface area (Å²) in [4.78, 5) is 14.2. The molecule has 1 aromatic rings. The van der Waals surface area contributed by atoms with Crippen molar-refractivity contribution < 1.29 is 14.3 Å². The van der Waals surface area contributed by atoms with Crippen molar-refractivity contribution in [2.75, 3.05) is 26.3 Å². The topological polar surface area (TPSA) is 38.8 Å². The van der Waals surface area contributed by atoms with Gasteiger partial charge in [-0.05, 0) is 37.0 Å². The largest absolute Gasteiger partial charge is 0.486 e. The average Bonchev–Trinajstić information content (AvgIpc) is 2.48. The van der Waals surface area contributed by atoms with Crippen LogP contribution in [0.15, 0.2) is 18.2 Å². The monoisotopic (exact) mass is 261 g/mol. The highest BCUT2D eigenvalue weighted by Gasteiger charge is 2.18. The Labute approximate surface area is 113 Å². The van der Waals surface area contributed by atoms with Gasteiger partial charge in [-0.15, -0.1) is 0 Å². The van der Waals surface area contributed by atoms with E-state index in [1.807, 2.05) is 23.1 Å². The first-order valence-electron chi connectivity index (χ1n) is 6.99. The maximum atomic E-state index is 12.2. The van der Waals surface area contributed by atoms with Gasteiger partial charge < -0.3 is 14.4 Å². The van der Waals surface area contributed by atoms with Gasteiger partial charge in [0.05, 0.1) is 6.42 Å². The van der Waals surface area contributed by atoms with Crippen LogP contribution in [0.4, 0.5) is 0 Å². The molecule has 19 heavy (non-hydrogen) atoms. The number of likely N-dealkylation sites (tertiary alicyclic amines) is 1. The van der Waals surface area contributed by atoms with E-state index in [2.05, 4.69) is 0 Å². The van der Waals surface area contributed by atoms with Crippen molar-refractivity contribution in [2.45, 2.75) is 25.7 Å². The van der Waals surface area contributed by atoms with Gasteiger partial charge in [-0.25, -0.2) is 0 Å². The molecule has 0 aromatic heterocycles. The molecular formula is C15H19NO3. The van der Waals surface area contributed by atoms with E-state index in [4.69, 9.17) is 9.47 Å². The summed E-state index contributed by atoms with van der Waals surface area (Å²) in [6.07, 6.45) is 3.96. The minimum absolute atomic E-state index is 0.219. The molecule has 1 saturated heterocycles. The van der Waals surface area contributed by atoms with Crippen molar-refractivity contribution in [2.24, 2.45) is 0 Å². The summed E-state index contributed by atoms with van der Waals surface area (Å²) in [5.41, 5.74) is 1.000. The number of ether oxygens (including phenoxy) is 2. The fourth-order valence-corrected chi connectivity index (χ4v) is 2.63. The Kier molecular flexibility index (Phi) is 3.58. The predicted molar refractivity (Wildman–Crippen MR) is 71.6 cm³/mol. The molecule has 1 fully saturated rings. The van der Waals surface area contributed by atoms with Gasteiger partial charge in [0, 0.05) is 13.1 Å². The lowest BCUT2D eigenvalue weighted by molar-refractivity contribution is -0.131. The fraction of sp³-hybridized carbons (Fsp3) is 0.533. The van der Waals surface area contributed by atoms with Crippen LogP contribution >= 0.6 is 0 Å². The third-order valence-electron chi connectivity index (χ3n) is 3.67. The third-order valence-corrected chi connectivity index (χ3v) is 3.67. The number of hydrogen-bond donors (Lipinski definition) is 0. The number of carbonyl (C=O) groups excluding carboxylic acids is 1. The smallest absolute Gasteiger partial charge is 0.226 e. The first kappa shape index (κ1) is 12.3. The molecule has 0 aliphatic carbocycles. The number of benzene rings is 1. The average molecular weight is 261 g/mol. The zero-order valence-corrected chi connectivity index (χ0v) is 11.1. The van der Waals surface area contributed by atoms with Gasteiger partial charge in [0.25, 0.3) is 0 Å². The van der Waals surface area contributed by atoms with Crippen LogP contribution < -0.4 is 9.47 Å². The molecule has 4 heteroatoms. The molecule has 0 radical (unpaired) electrons. The molecule has 0 atom stereocenters. The molecule has 2 heterocycles. The summed E-state index contributed by atoms with van der Waals surface area (Å²) < 4.78 is 11.0. The van der Waals surface area contributed by atoms with Crippen LogP contribution in [0, 0.1) is 0 Å². The summed E-state index contributed by atoms with van der Waals surface area (Å²) in [5, 5.41) is 0. The SMILES string of the molecule is O=C(Cc1ccc2c(c1)OCCO2)N1CCCCC1. The maximum Gasteiger partial charge on any atom is 0.226 e. The molecule has 1 amide bonds. The highest BCUT2D eigenvalue weighted by molar-refractivity contribution is 5.79. The van der Waals surface area contributed by atoms with E-state index in [1.165, 1.54) is 6.42 Å². The second kappa shape index (κ2) is 5.51. The van der Waals surface area contributed by atoms with Gasteiger partial charge in [0.2, 0.25) is 5.91 Å². The number of piperidine rings is 1. The van der Waals surface area contributed by atoms with Gasteiger partial charge in [-0.3, -0.25) is 4.79 Å². The van der Waals surface area contributed by atoms with Crippen LogP contribution in [0.3, 0.4) is 0 Å². The lowest BCUT2D eigenvalue weighted by atomic mass is 10.1. The minimum Gasteiger partial charge on any atom is -0.486 e. The normalized spacial score (nSPS) is 18.2. The fourth-order valence-electron chi connectivity index (χ4n) is 2.63. The first-order valence-corrected chi connectivity index (χ1v) is 6.99. The Hall–Kier alpha value is -1.71. The van der Waals surface area contributed by atoms with Crippen molar-refractivity contribution in [3.63, 3.8) is 0 Å². The zero-order chi connectivity index (χ0) is 13.1. The van der Waals surface area contributed by atoms with Crippen molar-refractivity contribution >= 4 is 5.91 Å². The van der Waals surface area contributed by atoms with Crippen LogP contribution in [0.25, 0.3) is 0 Å². The van der Waals surface area contributed by atoms with Crippen LogP contribution in [0.1, 0.15) is 24.8 Å².